The molecule has 0 aromatic carbocycles. The molecule has 1 fully saturated rings. The number of esters is 1. The smallest absolute Gasteiger partial charge is 0.400 e. The summed E-state index contributed by atoms with van der Waals surface area (Å²) in [5.41, 5.74) is -0.902. The van der Waals surface area contributed by atoms with Gasteiger partial charge in [-0.1, -0.05) is 33.1 Å². The molecule has 1 aliphatic heterocycles. The van der Waals surface area contributed by atoms with Crippen LogP contribution in [-0.4, -0.2) is 33.7 Å². The molecule has 1 heterocycles. The highest BCUT2D eigenvalue weighted by molar-refractivity contribution is 7.81. The van der Waals surface area contributed by atoms with Crippen LogP contribution >= 0.6 is 0 Å². The molecule has 124 valence electrons. The summed E-state index contributed by atoms with van der Waals surface area (Å²) in [7, 11) is -4.09. The fourth-order valence-electron chi connectivity index (χ4n) is 2.12. The fourth-order valence-corrected chi connectivity index (χ4v) is 3.14. The number of hydrogen-bond acceptors (Lipinski definition) is 6. The Morgan fingerprint density at radius 1 is 1.33 bits per heavy atom. The Hall–Kier alpha value is -0.660. The average molecular weight is 322 g/mol. The Balaban J connectivity index is 2.46. The van der Waals surface area contributed by atoms with E-state index in [4.69, 9.17) is 13.1 Å². The summed E-state index contributed by atoms with van der Waals surface area (Å²) in [6, 6.07) is 0. The van der Waals surface area contributed by atoms with Gasteiger partial charge < -0.3 is 4.74 Å². The maximum absolute atomic E-state index is 11.8. The van der Waals surface area contributed by atoms with Gasteiger partial charge in [0.1, 0.15) is 0 Å². The Labute approximate surface area is 127 Å². The average Bonchev–Trinajstić information content (AvgIpc) is 2.76. The molecule has 0 aliphatic carbocycles. The lowest BCUT2D eigenvalue weighted by molar-refractivity contribution is -0.146. The molecule has 0 aromatic rings. The van der Waals surface area contributed by atoms with E-state index in [2.05, 4.69) is 6.92 Å². The van der Waals surface area contributed by atoms with Crippen molar-refractivity contribution in [3.8, 4) is 0 Å². The SMILES string of the molecule is CCCCCC(CC)OS(=O)(=O)OC[C@@]1(C)CCOC1=O. The van der Waals surface area contributed by atoms with Crippen LogP contribution in [-0.2, 0) is 28.3 Å². The topological polar surface area (TPSA) is 78.9 Å². The Kier molecular flexibility index (Phi) is 7.09. The van der Waals surface area contributed by atoms with E-state index in [1.807, 2.05) is 6.92 Å². The summed E-state index contributed by atoms with van der Waals surface area (Å²) in [5, 5.41) is 0. The number of carbonyl (C=O) groups excluding carboxylic acids is 1. The molecular weight excluding hydrogens is 296 g/mol. The number of ether oxygens (including phenoxy) is 1. The van der Waals surface area contributed by atoms with Crippen molar-refractivity contribution >= 4 is 16.4 Å². The van der Waals surface area contributed by atoms with Crippen LogP contribution in [0, 0.1) is 5.41 Å². The van der Waals surface area contributed by atoms with E-state index in [1.54, 1.807) is 6.92 Å². The van der Waals surface area contributed by atoms with Crippen molar-refractivity contribution in [2.75, 3.05) is 13.2 Å². The third-order valence-electron chi connectivity index (χ3n) is 3.74. The van der Waals surface area contributed by atoms with Crippen LogP contribution in [0.15, 0.2) is 0 Å². The molecule has 0 aromatic heterocycles. The minimum atomic E-state index is -4.09. The van der Waals surface area contributed by atoms with Crippen molar-refractivity contribution in [2.24, 2.45) is 5.41 Å². The lowest BCUT2D eigenvalue weighted by atomic mass is 9.91. The van der Waals surface area contributed by atoms with Gasteiger partial charge in [-0.2, -0.15) is 8.42 Å². The summed E-state index contributed by atoms with van der Waals surface area (Å²) in [6.45, 7) is 5.66. The van der Waals surface area contributed by atoms with Crippen molar-refractivity contribution in [3.05, 3.63) is 0 Å². The molecule has 0 N–H and O–H groups in total. The lowest BCUT2D eigenvalue weighted by Gasteiger charge is -2.20. The lowest BCUT2D eigenvalue weighted by Crippen LogP contribution is -2.31. The zero-order chi connectivity index (χ0) is 15.9. The van der Waals surface area contributed by atoms with E-state index >= 15 is 0 Å². The Bertz CT molecular complexity index is 433. The second-order valence-corrected chi connectivity index (χ2v) is 6.98. The summed E-state index contributed by atoms with van der Waals surface area (Å²) in [5.74, 6) is -0.423. The van der Waals surface area contributed by atoms with Gasteiger partial charge in [0, 0.05) is 0 Å². The largest absolute Gasteiger partial charge is 0.465 e. The van der Waals surface area contributed by atoms with E-state index in [0.717, 1.165) is 19.3 Å². The number of rotatable bonds is 10. The molecule has 0 saturated carbocycles. The van der Waals surface area contributed by atoms with Crippen LogP contribution in [0.5, 0.6) is 0 Å². The third kappa shape index (κ3) is 5.92. The van der Waals surface area contributed by atoms with Crippen LogP contribution in [0.25, 0.3) is 0 Å². The molecule has 6 nitrogen and oxygen atoms in total. The first-order valence-corrected chi connectivity index (χ1v) is 8.91. The van der Waals surface area contributed by atoms with Crippen molar-refractivity contribution in [3.63, 3.8) is 0 Å². The Morgan fingerprint density at radius 3 is 2.57 bits per heavy atom. The summed E-state index contributed by atoms with van der Waals surface area (Å²) in [4.78, 5) is 11.5. The van der Waals surface area contributed by atoms with Gasteiger partial charge in [-0.05, 0) is 26.2 Å². The van der Waals surface area contributed by atoms with Crippen molar-refractivity contribution in [1.29, 1.82) is 0 Å². The highest BCUT2D eigenvalue weighted by Crippen LogP contribution is 2.30. The highest BCUT2D eigenvalue weighted by atomic mass is 32.3. The summed E-state index contributed by atoms with van der Waals surface area (Å²) >= 11 is 0. The zero-order valence-corrected chi connectivity index (χ0v) is 13.9. The quantitative estimate of drug-likeness (QED) is 0.454. The van der Waals surface area contributed by atoms with Crippen LogP contribution in [0.2, 0.25) is 0 Å². The standard InChI is InChI=1S/C14H26O6S/c1-4-6-7-8-12(5-2)20-21(16,17)19-11-14(3)9-10-18-13(14)15/h12H,4-11H2,1-3H3/t12?,14-/m1/s1. The number of unbranched alkanes of at least 4 members (excludes halogenated alkanes) is 2. The predicted octanol–water partition coefficient (Wildman–Crippen LogP) is 2.58. The van der Waals surface area contributed by atoms with Crippen LogP contribution in [0.1, 0.15) is 59.3 Å². The van der Waals surface area contributed by atoms with Gasteiger partial charge in [0.2, 0.25) is 0 Å². The highest BCUT2D eigenvalue weighted by Gasteiger charge is 2.41. The van der Waals surface area contributed by atoms with Crippen LogP contribution < -0.4 is 0 Å². The normalized spacial score (nSPS) is 24.0. The predicted molar refractivity (Wildman–Crippen MR) is 77.9 cm³/mol. The van der Waals surface area contributed by atoms with Gasteiger partial charge in [-0.15, -0.1) is 0 Å². The summed E-state index contributed by atoms with van der Waals surface area (Å²) < 4.78 is 38.5. The Morgan fingerprint density at radius 2 is 2.05 bits per heavy atom. The van der Waals surface area contributed by atoms with Gasteiger partial charge in [0.25, 0.3) is 0 Å². The van der Waals surface area contributed by atoms with Gasteiger partial charge in [0.15, 0.2) is 0 Å². The van der Waals surface area contributed by atoms with Gasteiger partial charge in [-0.3, -0.25) is 4.79 Å². The monoisotopic (exact) mass is 322 g/mol. The van der Waals surface area contributed by atoms with Crippen molar-refractivity contribution in [1.82, 2.24) is 0 Å². The molecule has 0 spiro atoms. The molecule has 0 bridgehead atoms. The van der Waals surface area contributed by atoms with Gasteiger partial charge in [-0.25, -0.2) is 8.37 Å². The van der Waals surface area contributed by atoms with Crippen molar-refractivity contribution < 1.29 is 26.3 Å². The maximum Gasteiger partial charge on any atom is 0.400 e. The fraction of sp³-hybridized carbons (Fsp3) is 0.929. The maximum atomic E-state index is 11.8. The van der Waals surface area contributed by atoms with Crippen LogP contribution in [0.3, 0.4) is 0 Å². The molecule has 1 saturated heterocycles. The molecule has 7 heteroatoms. The summed E-state index contributed by atoms with van der Waals surface area (Å²) in [6.07, 6.45) is 4.41. The molecule has 0 amide bonds. The molecule has 2 atom stereocenters. The number of carbonyl (C=O) groups is 1. The minimum absolute atomic E-state index is 0.237. The first-order valence-electron chi connectivity index (χ1n) is 7.58. The van der Waals surface area contributed by atoms with E-state index in [9.17, 15) is 13.2 Å². The van der Waals surface area contributed by atoms with E-state index in [-0.39, 0.29) is 12.7 Å². The van der Waals surface area contributed by atoms with Crippen molar-refractivity contribution in [2.45, 2.75) is 65.4 Å². The van der Waals surface area contributed by atoms with Gasteiger partial charge in [0.05, 0.1) is 24.7 Å². The number of hydrogen-bond donors (Lipinski definition) is 0. The second kappa shape index (κ2) is 8.10. The van der Waals surface area contributed by atoms with E-state index in [1.165, 1.54) is 0 Å². The molecule has 1 aliphatic rings. The molecule has 0 radical (unpaired) electrons. The molecule has 21 heavy (non-hydrogen) atoms. The van der Waals surface area contributed by atoms with Gasteiger partial charge >= 0.3 is 16.4 Å². The van der Waals surface area contributed by atoms with E-state index < -0.39 is 21.8 Å². The first-order chi connectivity index (χ1) is 9.83. The molecule has 1 unspecified atom stereocenters. The van der Waals surface area contributed by atoms with E-state index in [0.29, 0.717) is 25.9 Å². The minimum Gasteiger partial charge on any atom is -0.465 e. The second-order valence-electron chi connectivity index (χ2n) is 5.74. The molecule has 1 rings (SSSR count). The number of cyclic esters (lactones) is 1. The first kappa shape index (κ1) is 18.4. The zero-order valence-electron chi connectivity index (χ0n) is 13.1. The molecular formula is C14H26O6S. The third-order valence-corrected chi connectivity index (χ3v) is 4.65. The van der Waals surface area contributed by atoms with Crippen LogP contribution in [0.4, 0.5) is 0 Å².